The van der Waals surface area contributed by atoms with Crippen molar-refractivity contribution in [3.8, 4) is 0 Å². The second kappa shape index (κ2) is 10.1. The maximum Gasteiger partial charge on any atom is 0.136 e. The predicted molar refractivity (Wildman–Crippen MR) is 116 cm³/mol. The summed E-state index contributed by atoms with van der Waals surface area (Å²) in [5, 5.41) is 0. The molecule has 142 valence electrons. The Labute approximate surface area is 172 Å². The number of halogens is 2. The highest BCUT2D eigenvalue weighted by Crippen LogP contribution is 2.33. The first kappa shape index (κ1) is 22.6. The lowest BCUT2D eigenvalue weighted by Crippen LogP contribution is -2.32. The Morgan fingerprint density at radius 1 is 0.852 bits per heavy atom. The Balaban J connectivity index is 0.00000121. The fourth-order valence-corrected chi connectivity index (χ4v) is 3.21. The third-order valence-electron chi connectivity index (χ3n) is 4.49. The van der Waals surface area contributed by atoms with E-state index in [4.69, 9.17) is 4.99 Å². The van der Waals surface area contributed by atoms with E-state index in [1.54, 1.807) is 0 Å². The fourth-order valence-electron chi connectivity index (χ4n) is 3.21. The van der Waals surface area contributed by atoms with Crippen molar-refractivity contribution >= 4 is 36.3 Å². The maximum absolute atomic E-state index is 4.98. The predicted octanol–water partition coefficient (Wildman–Crippen LogP) is 4.41. The van der Waals surface area contributed by atoms with Crippen molar-refractivity contribution in [1.29, 1.82) is 0 Å². The number of nitrogens with zero attached hydrogens (tertiary/aromatic N) is 3. The van der Waals surface area contributed by atoms with E-state index in [1.807, 2.05) is 30.5 Å². The van der Waals surface area contributed by atoms with Gasteiger partial charge in [-0.15, -0.1) is 24.8 Å². The highest BCUT2D eigenvalue weighted by atomic mass is 35.5. The zero-order valence-corrected chi connectivity index (χ0v) is 16.6. The minimum Gasteiger partial charge on any atom is -0.412 e. The van der Waals surface area contributed by atoms with Crippen LogP contribution in [0.1, 0.15) is 22.9 Å². The molecule has 1 aromatic heterocycles. The molecule has 0 fully saturated rings. The SMILES string of the molecule is CN1C(c2ccccc2)=Nc2ccccc2CC1c1ccccn1.Cl.Cl.O. The Bertz CT molecular complexity index is 873. The molecule has 3 aromatic rings. The van der Waals surface area contributed by atoms with E-state index < -0.39 is 0 Å². The van der Waals surface area contributed by atoms with Crippen LogP contribution in [0, 0.1) is 0 Å². The van der Waals surface area contributed by atoms with E-state index in [2.05, 4.69) is 65.5 Å². The molecule has 0 aliphatic carbocycles. The molecule has 1 unspecified atom stereocenters. The number of benzene rings is 2. The fraction of sp³-hybridized carbons (Fsp3) is 0.143. The Morgan fingerprint density at radius 3 is 2.22 bits per heavy atom. The van der Waals surface area contributed by atoms with Gasteiger partial charge in [0.05, 0.1) is 17.4 Å². The molecule has 27 heavy (non-hydrogen) atoms. The van der Waals surface area contributed by atoms with Crippen LogP contribution < -0.4 is 0 Å². The second-order valence-electron chi connectivity index (χ2n) is 6.02. The van der Waals surface area contributed by atoms with Crippen LogP contribution in [0.5, 0.6) is 0 Å². The lowest BCUT2D eigenvalue weighted by atomic mass is 10.0. The van der Waals surface area contributed by atoms with Crippen LogP contribution in [-0.4, -0.2) is 28.2 Å². The van der Waals surface area contributed by atoms with E-state index in [9.17, 15) is 0 Å². The van der Waals surface area contributed by atoms with Gasteiger partial charge < -0.3 is 10.4 Å². The molecule has 2 aromatic carbocycles. The number of para-hydroxylation sites is 1. The van der Waals surface area contributed by atoms with Crippen LogP contribution in [0.4, 0.5) is 5.69 Å². The summed E-state index contributed by atoms with van der Waals surface area (Å²) in [7, 11) is 2.11. The summed E-state index contributed by atoms with van der Waals surface area (Å²) in [6.45, 7) is 0. The molecule has 0 spiro atoms. The lowest BCUT2D eigenvalue weighted by molar-refractivity contribution is 0.369. The Hall–Kier alpha value is -2.40. The Morgan fingerprint density at radius 2 is 1.52 bits per heavy atom. The maximum atomic E-state index is 4.98. The molecule has 0 bridgehead atoms. The third kappa shape index (κ3) is 4.66. The molecular formula is C21H23Cl2N3O. The van der Waals surface area contributed by atoms with Gasteiger partial charge >= 0.3 is 0 Å². The van der Waals surface area contributed by atoms with Crippen molar-refractivity contribution in [2.24, 2.45) is 4.99 Å². The molecule has 2 N–H and O–H groups in total. The Kier molecular flexibility index (Phi) is 8.44. The highest BCUT2D eigenvalue weighted by Gasteiger charge is 2.26. The van der Waals surface area contributed by atoms with Gasteiger partial charge in [0.25, 0.3) is 0 Å². The summed E-state index contributed by atoms with van der Waals surface area (Å²) in [4.78, 5) is 11.8. The smallest absolute Gasteiger partial charge is 0.136 e. The van der Waals surface area contributed by atoms with Gasteiger partial charge in [0.1, 0.15) is 5.84 Å². The summed E-state index contributed by atoms with van der Waals surface area (Å²) >= 11 is 0. The van der Waals surface area contributed by atoms with Crippen molar-refractivity contribution in [1.82, 2.24) is 9.88 Å². The van der Waals surface area contributed by atoms with Gasteiger partial charge in [0.2, 0.25) is 0 Å². The van der Waals surface area contributed by atoms with Gasteiger partial charge in [0.15, 0.2) is 0 Å². The molecule has 0 radical (unpaired) electrons. The molecule has 1 atom stereocenters. The first-order valence-corrected chi connectivity index (χ1v) is 8.19. The average Bonchev–Trinajstić information content (AvgIpc) is 2.80. The molecular weight excluding hydrogens is 381 g/mol. The highest BCUT2D eigenvalue weighted by molar-refractivity contribution is 6.01. The van der Waals surface area contributed by atoms with Gasteiger partial charge in [-0.05, 0) is 23.8 Å². The summed E-state index contributed by atoms with van der Waals surface area (Å²) < 4.78 is 0. The van der Waals surface area contributed by atoms with Crippen molar-refractivity contribution < 1.29 is 5.48 Å². The molecule has 4 nitrogen and oxygen atoms in total. The number of fused-ring (bicyclic) bond motifs is 1. The summed E-state index contributed by atoms with van der Waals surface area (Å²) in [6.07, 6.45) is 2.75. The lowest BCUT2D eigenvalue weighted by Gasteiger charge is -2.29. The van der Waals surface area contributed by atoms with Gasteiger partial charge in [0, 0.05) is 25.2 Å². The molecule has 1 aliphatic heterocycles. The van der Waals surface area contributed by atoms with Crippen LogP contribution in [-0.2, 0) is 6.42 Å². The van der Waals surface area contributed by atoms with E-state index in [0.29, 0.717) is 0 Å². The summed E-state index contributed by atoms with van der Waals surface area (Å²) in [5.41, 5.74) is 4.49. The van der Waals surface area contributed by atoms with Crippen molar-refractivity contribution in [3.63, 3.8) is 0 Å². The molecule has 0 saturated heterocycles. The van der Waals surface area contributed by atoms with Gasteiger partial charge in [-0.2, -0.15) is 0 Å². The van der Waals surface area contributed by atoms with E-state index in [1.165, 1.54) is 5.56 Å². The van der Waals surface area contributed by atoms with Crippen LogP contribution in [0.15, 0.2) is 84.0 Å². The van der Waals surface area contributed by atoms with E-state index in [0.717, 1.165) is 29.2 Å². The standard InChI is InChI=1S/C21H19N3.2ClH.H2O/c1-24-20(19-13-7-8-14-22-19)15-17-11-5-6-12-18(17)23-21(24)16-9-3-2-4-10-16;;;/h2-14,20H,15H2,1H3;2*1H;1H2. The van der Waals surface area contributed by atoms with Crippen molar-refractivity contribution in [2.75, 3.05) is 7.05 Å². The number of aliphatic imine (C=N–C) groups is 1. The zero-order valence-electron chi connectivity index (χ0n) is 14.9. The van der Waals surface area contributed by atoms with Crippen LogP contribution in [0.25, 0.3) is 0 Å². The quantitative estimate of drug-likeness (QED) is 0.635. The number of rotatable bonds is 2. The van der Waals surface area contributed by atoms with Crippen LogP contribution in [0.2, 0.25) is 0 Å². The van der Waals surface area contributed by atoms with E-state index in [-0.39, 0.29) is 36.3 Å². The minimum absolute atomic E-state index is 0. The number of likely N-dealkylation sites (N-methyl/N-ethyl adjacent to an activating group) is 1. The monoisotopic (exact) mass is 403 g/mol. The zero-order chi connectivity index (χ0) is 16.4. The molecule has 1 aliphatic rings. The van der Waals surface area contributed by atoms with Crippen LogP contribution >= 0.6 is 24.8 Å². The molecule has 0 saturated carbocycles. The number of hydrogen-bond acceptors (Lipinski definition) is 3. The summed E-state index contributed by atoms with van der Waals surface area (Å²) in [5.74, 6) is 0.983. The van der Waals surface area contributed by atoms with Crippen LogP contribution in [0.3, 0.4) is 0 Å². The average molecular weight is 404 g/mol. The molecule has 4 rings (SSSR count). The normalized spacial score (nSPS) is 15.1. The molecule has 2 heterocycles. The van der Waals surface area contributed by atoms with Gasteiger partial charge in [-0.1, -0.05) is 54.6 Å². The van der Waals surface area contributed by atoms with Gasteiger partial charge in [-0.25, -0.2) is 4.99 Å². The first-order chi connectivity index (χ1) is 11.8. The largest absolute Gasteiger partial charge is 0.412 e. The van der Waals surface area contributed by atoms with Gasteiger partial charge in [-0.3, -0.25) is 4.98 Å². The first-order valence-electron chi connectivity index (χ1n) is 8.19. The molecule has 6 heteroatoms. The number of amidine groups is 1. The number of pyridine rings is 1. The van der Waals surface area contributed by atoms with Crippen molar-refractivity contribution in [2.45, 2.75) is 12.5 Å². The third-order valence-corrected chi connectivity index (χ3v) is 4.49. The number of aromatic nitrogens is 1. The summed E-state index contributed by atoms with van der Waals surface area (Å²) in [6, 6.07) is 25.0. The van der Waals surface area contributed by atoms with Crippen molar-refractivity contribution in [3.05, 3.63) is 95.8 Å². The molecule has 0 amide bonds. The topological polar surface area (TPSA) is 60.0 Å². The minimum atomic E-state index is 0. The van der Waals surface area contributed by atoms with E-state index >= 15 is 0 Å². The second-order valence-corrected chi connectivity index (χ2v) is 6.02. The number of hydrogen-bond donors (Lipinski definition) is 0.